The largest absolute Gasteiger partial charge is 0.490 e. The van der Waals surface area contributed by atoms with E-state index in [0.717, 1.165) is 32.0 Å². The molecular formula is C14H20FN3O3. The molecule has 6 nitrogen and oxygen atoms in total. The summed E-state index contributed by atoms with van der Waals surface area (Å²) in [5.74, 6) is -0.0792. The third-order valence-corrected chi connectivity index (χ3v) is 3.88. The van der Waals surface area contributed by atoms with Crippen molar-refractivity contribution in [3.8, 4) is 5.75 Å². The lowest BCUT2D eigenvalue weighted by molar-refractivity contribution is -0.385. The van der Waals surface area contributed by atoms with E-state index < -0.39 is 10.7 Å². The molecule has 7 heteroatoms. The Bertz CT molecular complexity index is 516. The number of nitro benzene ring substituents is 1. The van der Waals surface area contributed by atoms with Crippen LogP contribution in [0.2, 0.25) is 0 Å². The maximum absolute atomic E-state index is 13.9. The first-order chi connectivity index (χ1) is 10.0. The molecule has 1 aromatic carbocycles. The fourth-order valence-corrected chi connectivity index (χ4v) is 2.51. The summed E-state index contributed by atoms with van der Waals surface area (Å²) in [4.78, 5) is 12.4. The normalized spacial score (nSPS) is 16.7. The van der Waals surface area contributed by atoms with Crippen LogP contribution in [-0.2, 0) is 0 Å². The van der Waals surface area contributed by atoms with Crippen LogP contribution in [0.5, 0.6) is 5.75 Å². The van der Waals surface area contributed by atoms with E-state index >= 15 is 0 Å². The summed E-state index contributed by atoms with van der Waals surface area (Å²) in [5.41, 5.74) is -0.115. The number of benzene rings is 1. The molecule has 1 fully saturated rings. The molecule has 2 rings (SSSR count). The van der Waals surface area contributed by atoms with Crippen molar-refractivity contribution in [3.63, 3.8) is 0 Å². The smallest absolute Gasteiger partial charge is 0.313 e. The van der Waals surface area contributed by atoms with Crippen LogP contribution in [0.4, 0.5) is 15.8 Å². The molecule has 1 heterocycles. The van der Waals surface area contributed by atoms with Crippen LogP contribution >= 0.6 is 0 Å². The van der Waals surface area contributed by atoms with Gasteiger partial charge in [0.25, 0.3) is 0 Å². The zero-order chi connectivity index (χ0) is 15.4. The number of anilines is 1. The van der Waals surface area contributed by atoms with Crippen LogP contribution in [-0.4, -0.2) is 43.6 Å². The average Bonchev–Trinajstić information content (AvgIpc) is 2.47. The molecule has 0 aliphatic carbocycles. The van der Waals surface area contributed by atoms with E-state index in [-0.39, 0.29) is 17.1 Å². The van der Waals surface area contributed by atoms with E-state index in [0.29, 0.717) is 12.5 Å². The van der Waals surface area contributed by atoms with E-state index in [2.05, 4.69) is 17.3 Å². The maximum Gasteiger partial charge on any atom is 0.313 e. The lowest BCUT2D eigenvalue weighted by atomic mass is 9.97. The number of likely N-dealkylation sites (tertiary alicyclic amines) is 1. The molecule has 0 bridgehead atoms. The van der Waals surface area contributed by atoms with Gasteiger partial charge in [-0.2, -0.15) is 0 Å². The highest BCUT2D eigenvalue weighted by molar-refractivity contribution is 5.59. The molecular weight excluding hydrogens is 277 g/mol. The van der Waals surface area contributed by atoms with Crippen molar-refractivity contribution in [1.29, 1.82) is 0 Å². The number of nitro groups is 1. The van der Waals surface area contributed by atoms with Crippen molar-refractivity contribution in [2.75, 3.05) is 39.1 Å². The first-order valence-electron chi connectivity index (χ1n) is 6.95. The Balaban J connectivity index is 2.04. The molecule has 0 amide bonds. The molecule has 0 atom stereocenters. The van der Waals surface area contributed by atoms with Gasteiger partial charge in [0.05, 0.1) is 23.8 Å². The number of piperidine rings is 1. The van der Waals surface area contributed by atoms with Crippen molar-refractivity contribution in [1.82, 2.24) is 4.90 Å². The highest BCUT2D eigenvalue weighted by atomic mass is 19.1. The second-order valence-corrected chi connectivity index (χ2v) is 5.39. The Kier molecular flexibility index (Phi) is 4.95. The van der Waals surface area contributed by atoms with E-state index in [9.17, 15) is 14.5 Å². The van der Waals surface area contributed by atoms with Crippen LogP contribution in [0.1, 0.15) is 12.8 Å². The molecule has 21 heavy (non-hydrogen) atoms. The van der Waals surface area contributed by atoms with Gasteiger partial charge < -0.3 is 15.0 Å². The summed E-state index contributed by atoms with van der Waals surface area (Å²) in [6.07, 6.45) is 2.13. The molecule has 0 aromatic heterocycles. The fourth-order valence-electron chi connectivity index (χ4n) is 2.51. The minimum atomic E-state index is -0.650. The monoisotopic (exact) mass is 297 g/mol. The second-order valence-electron chi connectivity index (χ2n) is 5.39. The van der Waals surface area contributed by atoms with Gasteiger partial charge in [0.2, 0.25) is 0 Å². The summed E-state index contributed by atoms with van der Waals surface area (Å²) in [6, 6.07) is 2.25. The molecule has 0 unspecified atom stereocenters. The van der Waals surface area contributed by atoms with Gasteiger partial charge in [0.15, 0.2) is 11.6 Å². The number of halogens is 1. The molecule has 1 N–H and O–H groups in total. The lowest BCUT2D eigenvalue weighted by Crippen LogP contribution is -2.33. The third kappa shape index (κ3) is 3.81. The first-order valence-corrected chi connectivity index (χ1v) is 6.95. The number of rotatable bonds is 5. The minimum Gasteiger partial charge on any atom is -0.490 e. The Hall–Kier alpha value is -1.89. The number of methoxy groups -OCH3 is 1. The van der Waals surface area contributed by atoms with Crippen LogP contribution in [0, 0.1) is 21.8 Å². The summed E-state index contributed by atoms with van der Waals surface area (Å²) < 4.78 is 18.9. The van der Waals surface area contributed by atoms with E-state index in [1.807, 2.05) is 0 Å². The molecule has 1 saturated heterocycles. The maximum atomic E-state index is 13.9. The van der Waals surface area contributed by atoms with Crippen LogP contribution < -0.4 is 10.1 Å². The predicted octanol–water partition coefficient (Wildman–Crippen LogP) is 2.50. The number of nitrogens with one attached hydrogen (secondary N) is 1. The van der Waals surface area contributed by atoms with Crippen LogP contribution in [0.25, 0.3) is 0 Å². The Morgan fingerprint density at radius 1 is 1.48 bits per heavy atom. The standard InChI is InChI=1S/C14H20FN3O3/c1-17-5-3-10(4-6-17)9-16-12-8-14(21-2)13(18(19)20)7-11(12)15/h7-8,10,16H,3-6,9H2,1-2H3. The Morgan fingerprint density at radius 3 is 2.71 bits per heavy atom. The topological polar surface area (TPSA) is 67.6 Å². The zero-order valence-corrected chi connectivity index (χ0v) is 12.3. The van der Waals surface area contributed by atoms with Crippen molar-refractivity contribution >= 4 is 11.4 Å². The van der Waals surface area contributed by atoms with E-state index in [1.165, 1.54) is 13.2 Å². The van der Waals surface area contributed by atoms with Crippen molar-refractivity contribution in [3.05, 3.63) is 28.1 Å². The summed E-state index contributed by atoms with van der Waals surface area (Å²) in [7, 11) is 3.42. The molecule has 0 radical (unpaired) electrons. The second kappa shape index (κ2) is 6.71. The fraction of sp³-hybridized carbons (Fsp3) is 0.571. The van der Waals surface area contributed by atoms with Crippen molar-refractivity contribution in [2.24, 2.45) is 5.92 Å². The molecule has 1 aliphatic heterocycles. The predicted molar refractivity (Wildman–Crippen MR) is 78.3 cm³/mol. The number of nitrogens with zero attached hydrogens (tertiary/aromatic N) is 2. The van der Waals surface area contributed by atoms with Gasteiger partial charge >= 0.3 is 5.69 Å². The van der Waals surface area contributed by atoms with Gasteiger partial charge in [-0.05, 0) is 38.9 Å². The number of ether oxygens (including phenoxy) is 1. The number of hydrogen-bond donors (Lipinski definition) is 1. The molecule has 0 saturated carbocycles. The highest BCUT2D eigenvalue weighted by Gasteiger charge is 2.21. The van der Waals surface area contributed by atoms with Gasteiger partial charge in [-0.1, -0.05) is 0 Å². The van der Waals surface area contributed by atoms with Gasteiger partial charge in [-0.15, -0.1) is 0 Å². The van der Waals surface area contributed by atoms with Crippen LogP contribution in [0.15, 0.2) is 12.1 Å². The lowest BCUT2D eigenvalue weighted by Gasteiger charge is -2.29. The zero-order valence-electron chi connectivity index (χ0n) is 12.3. The minimum absolute atomic E-state index is 0.0623. The summed E-state index contributed by atoms with van der Waals surface area (Å²) in [6.45, 7) is 2.74. The number of hydrogen-bond acceptors (Lipinski definition) is 5. The highest BCUT2D eigenvalue weighted by Crippen LogP contribution is 2.32. The summed E-state index contributed by atoms with van der Waals surface area (Å²) in [5, 5.41) is 13.9. The van der Waals surface area contributed by atoms with Crippen LogP contribution in [0.3, 0.4) is 0 Å². The Morgan fingerprint density at radius 2 is 2.14 bits per heavy atom. The van der Waals surface area contributed by atoms with Crippen molar-refractivity contribution < 1.29 is 14.1 Å². The third-order valence-electron chi connectivity index (χ3n) is 3.88. The van der Waals surface area contributed by atoms with Crippen molar-refractivity contribution in [2.45, 2.75) is 12.8 Å². The molecule has 1 aliphatic rings. The van der Waals surface area contributed by atoms with Gasteiger partial charge in [0.1, 0.15) is 0 Å². The average molecular weight is 297 g/mol. The summed E-state index contributed by atoms with van der Waals surface area (Å²) >= 11 is 0. The molecule has 116 valence electrons. The molecule has 0 spiro atoms. The quantitative estimate of drug-likeness (QED) is 0.668. The van der Waals surface area contributed by atoms with E-state index in [4.69, 9.17) is 4.74 Å². The Labute approximate surface area is 123 Å². The first kappa shape index (κ1) is 15.5. The van der Waals surface area contributed by atoms with Gasteiger partial charge in [0, 0.05) is 12.6 Å². The van der Waals surface area contributed by atoms with Gasteiger partial charge in [-0.25, -0.2) is 4.39 Å². The van der Waals surface area contributed by atoms with E-state index in [1.54, 1.807) is 0 Å². The van der Waals surface area contributed by atoms with Gasteiger partial charge in [-0.3, -0.25) is 10.1 Å². The molecule has 1 aromatic rings. The SMILES string of the molecule is COc1cc(NCC2CCN(C)CC2)c(F)cc1[N+](=O)[O-].